The molecule has 3 heteroatoms. The summed E-state index contributed by atoms with van der Waals surface area (Å²) in [7, 11) is 0. The van der Waals surface area contributed by atoms with Crippen molar-refractivity contribution in [3.63, 3.8) is 0 Å². The van der Waals surface area contributed by atoms with Crippen LogP contribution in [0.4, 0.5) is 0 Å². The molecule has 0 aliphatic heterocycles. The lowest BCUT2D eigenvalue weighted by molar-refractivity contribution is 0.143. The highest BCUT2D eigenvalue weighted by Gasteiger charge is 2.28. The van der Waals surface area contributed by atoms with Crippen molar-refractivity contribution in [2.45, 2.75) is 31.3 Å². The Kier molecular flexibility index (Phi) is 4.16. The van der Waals surface area contributed by atoms with E-state index in [0.717, 1.165) is 22.9 Å². The molecular formula is C17H16BrClO. The molecule has 1 aliphatic carbocycles. The van der Waals surface area contributed by atoms with E-state index < -0.39 is 0 Å². The summed E-state index contributed by atoms with van der Waals surface area (Å²) in [5.74, 6) is 0.228. The molecular weight excluding hydrogens is 336 g/mol. The van der Waals surface area contributed by atoms with Crippen molar-refractivity contribution in [1.82, 2.24) is 0 Å². The van der Waals surface area contributed by atoms with Crippen LogP contribution in [-0.4, -0.2) is 11.2 Å². The van der Waals surface area contributed by atoms with E-state index >= 15 is 0 Å². The van der Waals surface area contributed by atoms with Gasteiger partial charge in [-0.25, -0.2) is 0 Å². The number of aliphatic hydroxyl groups excluding tert-OH is 1. The number of aliphatic hydroxyl groups is 1. The van der Waals surface area contributed by atoms with E-state index in [4.69, 9.17) is 11.6 Å². The minimum absolute atomic E-state index is 0.228. The summed E-state index contributed by atoms with van der Waals surface area (Å²) in [6.07, 6.45) is 2.31. The molecule has 0 aromatic heterocycles. The maximum Gasteiger partial charge on any atom is 0.0649 e. The zero-order chi connectivity index (χ0) is 14.1. The maximum absolute atomic E-state index is 10.6. The predicted octanol–water partition coefficient (Wildman–Crippen LogP) is 4.74. The molecule has 0 saturated carbocycles. The molecule has 104 valence electrons. The van der Waals surface area contributed by atoms with Crippen molar-refractivity contribution in [1.29, 1.82) is 0 Å². The molecule has 0 amide bonds. The molecule has 2 aromatic rings. The third-order valence-corrected chi connectivity index (χ3v) is 4.93. The van der Waals surface area contributed by atoms with E-state index in [2.05, 4.69) is 40.2 Å². The minimum atomic E-state index is -0.377. The summed E-state index contributed by atoms with van der Waals surface area (Å²) in [4.78, 5) is 0. The van der Waals surface area contributed by atoms with Crippen LogP contribution in [0.2, 0.25) is 5.02 Å². The Morgan fingerprint density at radius 3 is 2.85 bits per heavy atom. The van der Waals surface area contributed by atoms with E-state index in [1.165, 1.54) is 11.1 Å². The molecule has 0 bridgehead atoms. The number of rotatable bonds is 3. The van der Waals surface area contributed by atoms with Gasteiger partial charge in [0.2, 0.25) is 0 Å². The molecule has 20 heavy (non-hydrogen) atoms. The lowest BCUT2D eigenvalue weighted by Gasteiger charge is -2.20. The second-order valence-electron chi connectivity index (χ2n) is 5.35. The second kappa shape index (κ2) is 5.88. The summed E-state index contributed by atoms with van der Waals surface area (Å²) in [6.45, 7) is 0. The number of hydrogen-bond acceptors (Lipinski definition) is 1. The van der Waals surface area contributed by atoms with Crippen LogP contribution in [-0.2, 0) is 12.8 Å². The van der Waals surface area contributed by atoms with Crippen molar-refractivity contribution >= 4 is 27.5 Å². The molecule has 0 radical (unpaired) electrons. The fraction of sp³-hybridized carbons (Fsp3) is 0.294. The van der Waals surface area contributed by atoms with Gasteiger partial charge < -0.3 is 5.11 Å². The van der Waals surface area contributed by atoms with Gasteiger partial charge in [-0.3, -0.25) is 0 Å². The van der Waals surface area contributed by atoms with Gasteiger partial charge >= 0.3 is 0 Å². The zero-order valence-electron chi connectivity index (χ0n) is 11.0. The van der Waals surface area contributed by atoms with Crippen molar-refractivity contribution in [3.8, 4) is 0 Å². The summed E-state index contributed by atoms with van der Waals surface area (Å²) in [6, 6.07) is 14.3. The van der Waals surface area contributed by atoms with Crippen LogP contribution < -0.4 is 0 Å². The minimum Gasteiger partial charge on any atom is -0.392 e. The zero-order valence-corrected chi connectivity index (χ0v) is 13.4. The van der Waals surface area contributed by atoms with Gasteiger partial charge in [-0.05, 0) is 41.7 Å². The maximum atomic E-state index is 10.6. The van der Waals surface area contributed by atoms with Gasteiger partial charge in [0.05, 0.1) is 6.10 Å². The third-order valence-electron chi connectivity index (χ3n) is 4.09. The average Bonchev–Trinajstić information content (AvgIpc) is 2.86. The monoisotopic (exact) mass is 350 g/mol. The van der Waals surface area contributed by atoms with Crippen molar-refractivity contribution < 1.29 is 5.11 Å². The molecule has 2 aromatic carbocycles. The molecule has 2 unspecified atom stereocenters. The third kappa shape index (κ3) is 2.78. The van der Waals surface area contributed by atoms with Gasteiger partial charge in [-0.2, -0.15) is 0 Å². The first-order valence-corrected chi connectivity index (χ1v) is 8.02. The summed E-state index contributed by atoms with van der Waals surface area (Å²) >= 11 is 9.64. The van der Waals surface area contributed by atoms with Gasteiger partial charge in [-0.15, -0.1) is 0 Å². The van der Waals surface area contributed by atoms with Crippen LogP contribution in [0, 0.1) is 0 Å². The van der Waals surface area contributed by atoms with Gasteiger partial charge in [0.1, 0.15) is 0 Å². The Balaban J connectivity index is 1.79. The largest absolute Gasteiger partial charge is 0.392 e. The SMILES string of the molecule is OC(Cc1ccc(Br)cc1Cl)C1CCc2ccccc21. The van der Waals surface area contributed by atoms with E-state index in [1.54, 1.807) is 0 Å². The average molecular weight is 352 g/mol. The normalized spacial score (nSPS) is 18.9. The fourth-order valence-electron chi connectivity index (χ4n) is 3.04. The molecule has 0 fully saturated rings. The van der Waals surface area contributed by atoms with Crippen LogP contribution in [0.25, 0.3) is 0 Å². The van der Waals surface area contributed by atoms with Gasteiger partial charge in [-0.1, -0.05) is 57.9 Å². The highest BCUT2D eigenvalue weighted by Crippen LogP contribution is 2.37. The molecule has 1 aliphatic rings. The van der Waals surface area contributed by atoms with Gasteiger partial charge in [0.25, 0.3) is 0 Å². The van der Waals surface area contributed by atoms with Crippen molar-refractivity contribution in [3.05, 3.63) is 68.7 Å². The quantitative estimate of drug-likeness (QED) is 0.847. The van der Waals surface area contributed by atoms with E-state index in [-0.39, 0.29) is 12.0 Å². The van der Waals surface area contributed by atoms with Crippen LogP contribution in [0.15, 0.2) is 46.9 Å². The number of halogens is 2. The molecule has 2 atom stereocenters. The Morgan fingerprint density at radius 2 is 2.05 bits per heavy atom. The van der Waals surface area contributed by atoms with Gasteiger partial charge in [0, 0.05) is 21.8 Å². The molecule has 3 rings (SSSR count). The molecule has 1 N–H and O–H groups in total. The second-order valence-corrected chi connectivity index (χ2v) is 6.67. The van der Waals surface area contributed by atoms with Crippen LogP contribution in [0.3, 0.4) is 0 Å². The number of benzene rings is 2. The first-order chi connectivity index (χ1) is 9.65. The summed E-state index contributed by atoms with van der Waals surface area (Å²) in [5, 5.41) is 11.3. The molecule has 0 spiro atoms. The first-order valence-electron chi connectivity index (χ1n) is 6.85. The molecule has 0 saturated heterocycles. The lowest BCUT2D eigenvalue weighted by atomic mass is 9.91. The highest BCUT2D eigenvalue weighted by molar-refractivity contribution is 9.10. The van der Waals surface area contributed by atoms with Crippen LogP contribution in [0.5, 0.6) is 0 Å². The van der Waals surface area contributed by atoms with Crippen molar-refractivity contribution in [2.75, 3.05) is 0 Å². The van der Waals surface area contributed by atoms with E-state index in [1.807, 2.05) is 18.2 Å². The smallest absolute Gasteiger partial charge is 0.0649 e. The number of aryl methyl sites for hydroxylation is 1. The van der Waals surface area contributed by atoms with E-state index in [0.29, 0.717) is 11.4 Å². The molecule has 1 nitrogen and oxygen atoms in total. The van der Waals surface area contributed by atoms with Crippen LogP contribution in [0.1, 0.15) is 29.0 Å². The summed E-state index contributed by atoms with van der Waals surface area (Å²) < 4.78 is 0.965. The highest BCUT2D eigenvalue weighted by atomic mass is 79.9. The Bertz CT molecular complexity index is 626. The molecule has 0 heterocycles. The Morgan fingerprint density at radius 1 is 1.25 bits per heavy atom. The first kappa shape index (κ1) is 14.1. The standard InChI is InChI=1S/C17H16BrClO/c18-13-7-5-12(16(19)10-13)9-17(20)15-8-6-11-3-1-2-4-14(11)15/h1-5,7,10,15,17,20H,6,8-9H2. The fourth-order valence-corrected chi connectivity index (χ4v) is 3.80. The van der Waals surface area contributed by atoms with Crippen LogP contribution >= 0.6 is 27.5 Å². The summed E-state index contributed by atoms with van der Waals surface area (Å²) in [5.41, 5.74) is 3.68. The lowest BCUT2D eigenvalue weighted by Crippen LogP contribution is -2.19. The Hall–Kier alpha value is -0.830. The topological polar surface area (TPSA) is 20.2 Å². The Labute approximate surface area is 132 Å². The van der Waals surface area contributed by atoms with Gasteiger partial charge in [0.15, 0.2) is 0 Å². The van der Waals surface area contributed by atoms with Crippen molar-refractivity contribution in [2.24, 2.45) is 0 Å². The number of fused-ring (bicyclic) bond motifs is 1. The predicted molar refractivity (Wildman–Crippen MR) is 86.4 cm³/mol. The van der Waals surface area contributed by atoms with E-state index in [9.17, 15) is 5.11 Å². The number of hydrogen-bond donors (Lipinski definition) is 1.